The largest absolute Gasteiger partial charge is 0.317 e. The minimum Gasteiger partial charge on any atom is -0.317 e. The van der Waals surface area contributed by atoms with Crippen LogP contribution in [0.2, 0.25) is 0 Å². The Labute approximate surface area is 98.3 Å². The molecule has 1 aliphatic heterocycles. The van der Waals surface area contributed by atoms with Gasteiger partial charge in [-0.05, 0) is 62.1 Å². The molecule has 1 aliphatic carbocycles. The van der Waals surface area contributed by atoms with Gasteiger partial charge in [-0.3, -0.25) is 0 Å². The zero-order valence-corrected chi connectivity index (χ0v) is 9.86. The first-order valence-electron chi connectivity index (χ1n) is 6.69. The van der Waals surface area contributed by atoms with Crippen LogP contribution < -0.4 is 5.32 Å². The molecule has 2 aliphatic rings. The lowest BCUT2D eigenvalue weighted by Crippen LogP contribution is -2.27. The molecule has 1 heterocycles. The summed E-state index contributed by atoms with van der Waals surface area (Å²) >= 11 is 0. The van der Waals surface area contributed by atoms with Gasteiger partial charge in [-0.2, -0.15) is 0 Å². The minimum absolute atomic E-state index is 0.885. The Hall–Kier alpha value is -0.820. The van der Waals surface area contributed by atoms with Crippen LogP contribution in [0.4, 0.5) is 0 Å². The van der Waals surface area contributed by atoms with Crippen LogP contribution in [-0.2, 0) is 0 Å². The van der Waals surface area contributed by atoms with Crippen molar-refractivity contribution in [3.05, 3.63) is 35.9 Å². The molecule has 2 fully saturated rings. The van der Waals surface area contributed by atoms with Gasteiger partial charge in [0.1, 0.15) is 0 Å². The molecule has 1 aromatic carbocycles. The van der Waals surface area contributed by atoms with E-state index in [0.717, 1.165) is 17.8 Å². The van der Waals surface area contributed by atoms with E-state index in [9.17, 15) is 0 Å². The van der Waals surface area contributed by atoms with Gasteiger partial charge in [0, 0.05) is 0 Å². The van der Waals surface area contributed by atoms with Gasteiger partial charge in [-0.25, -0.2) is 0 Å². The highest BCUT2D eigenvalue weighted by Crippen LogP contribution is 2.51. The average molecular weight is 215 g/mol. The molecule has 1 aromatic rings. The predicted octanol–water partition coefficient (Wildman–Crippen LogP) is 3.18. The van der Waals surface area contributed by atoms with E-state index in [-0.39, 0.29) is 0 Å². The summed E-state index contributed by atoms with van der Waals surface area (Å²) in [5.41, 5.74) is 1.57. The van der Waals surface area contributed by atoms with Crippen molar-refractivity contribution in [2.75, 3.05) is 13.1 Å². The monoisotopic (exact) mass is 215 g/mol. The van der Waals surface area contributed by atoms with Crippen molar-refractivity contribution in [2.24, 2.45) is 11.8 Å². The van der Waals surface area contributed by atoms with Crippen LogP contribution >= 0.6 is 0 Å². The van der Waals surface area contributed by atoms with Gasteiger partial charge >= 0.3 is 0 Å². The molecule has 1 N–H and O–H groups in total. The summed E-state index contributed by atoms with van der Waals surface area (Å²) in [5, 5.41) is 3.45. The van der Waals surface area contributed by atoms with Crippen LogP contribution in [0.5, 0.6) is 0 Å². The minimum atomic E-state index is 0.885. The second-order valence-electron chi connectivity index (χ2n) is 5.44. The lowest BCUT2D eigenvalue weighted by Gasteiger charge is -2.22. The highest BCUT2D eigenvalue weighted by Gasteiger charge is 2.39. The third kappa shape index (κ3) is 2.30. The van der Waals surface area contributed by atoms with E-state index in [1.165, 1.54) is 38.8 Å². The fourth-order valence-corrected chi connectivity index (χ4v) is 3.16. The second-order valence-corrected chi connectivity index (χ2v) is 5.44. The molecule has 1 heteroatoms. The molecule has 0 unspecified atom stereocenters. The summed E-state index contributed by atoms with van der Waals surface area (Å²) in [4.78, 5) is 0. The third-order valence-electron chi connectivity index (χ3n) is 4.25. The van der Waals surface area contributed by atoms with Gasteiger partial charge < -0.3 is 5.32 Å². The maximum absolute atomic E-state index is 3.45. The molecular formula is C15H21N. The van der Waals surface area contributed by atoms with E-state index in [1.54, 1.807) is 5.56 Å². The van der Waals surface area contributed by atoms with Crippen LogP contribution in [0.15, 0.2) is 30.3 Å². The van der Waals surface area contributed by atoms with Crippen molar-refractivity contribution in [3.8, 4) is 0 Å². The average Bonchev–Trinajstić information content (AvgIpc) is 3.11. The molecule has 1 nitrogen and oxygen atoms in total. The fraction of sp³-hybridized carbons (Fsp3) is 0.600. The van der Waals surface area contributed by atoms with Crippen molar-refractivity contribution in [2.45, 2.75) is 31.6 Å². The van der Waals surface area contributed by atoms with Gasteiger partial charge in [0.05, 0.1) is 0 Å². The lowest BCUT2D eigenvalue weighted by atomic mass is 9.91. The number of benzene rings is 1. The summed E-state index contributed by atoms with van der Waals surface area (Å²) < 4.78 is 0. The summed E-state index contributed by atoms with van der Waals surface area (Å²) in [6, 6.07) is 11.1. The Morgan fingerprint density at radius 1 is 1.06 bits per heavy atom. The molecule has 3 rings (SSSR count). The smallest absolute Gasteiger partial charge is 0.00463 e. The molecular weight excluding hydrogens is 194 g/mol. The second kappa shape index (κ2) is 4.58. The van der Waals surface area contributed by atoms with Crippen molar-refractivity contribution >= 4 is 0 Å². The molecule has 0 aromatic heterocycles. The van der Waals surface area contributed by atoms with Gasteiger partial charge in [-0.15, -0.1) is 0 Å². The quantitative estimate of drug-likeness (QED) is 0.816. The molecule has 1 saturated carbocycles. The lowest BCUT2D eigenvalue weighted by molar-refractivity contribution is 0.338. The summed E-state index contributed by atoms with van der Waals surface area (Å²) in [7, 11) is 0. The molecule has 1 saturated heterocycles. The van der Waals surface area contributed by atoms with E-state index in [1.807, 2.05) is 0 Å². The standard InChI is InChI=1S/C15H21N/c1-2-4-13(5-3-1)15-11-14(15)10-12-6-8-16-9-7-12/h1-5,12,14-16H,6-11H2/t14-,15+/m1/s1. The van der Waals surface area contributed by atoms with Crippen LogP contribution in [0.1, 0.15) is 37.2 Å². The first-order valence-corrected chi connectivity index (χ1v) is 6.69. The molecule has 86 valence electrons. The molecule has 0 radical (unpaired) electrons. The SMILES string of the molecule is c1ccc([C@@H]2C[C@H]2CC2CCNCC2)cc1. The van der Waals surface area contributed by atoms with Crippen LogP contribution in [0.3, 0.4) is 0 Å². The third-order valence-corrected chi connectivity index (χ3v) is 4.25. The zero-order chi connectivity index (χ0) is 10.8. The Kier molecular flexibility index (Phi) is 2.96. The van der Waals surface area contributed by atoms with Crippen molar-refractivity contribution in [1.29, 1.82) is 0 Å². The van der Waals surface area contributed by atoms with Crippen molar-refractivity contribution in [3.63, 3.8) is 0 Å². The van der Waals surface area contributed by atoms with Crippen LogP contribution in [0.25, 0.3) is 0 Å². The van der Waals surface area contributed by atoms with Gasteiger partial charge in [0.15, 0.2) is 0 Å². The summed E-state index contributed by atoms with van der Waals surface area (Å²) in [6.45, 7) is 2.49. The number of hydrogen-bond donors (Lipinski definition) is 1. The number of hydrogen-bond acceptors (Lipinski definition) is 1. The van der Waals surface area contributed by atoms with Crippen LogP contribution in [-0.4, -0.2) is 13.1 Å². The fourth-order valence-electron chi connectivity index (χ4n) is 3.16. The summed E-state index contributed by atoms with van der Waals surface area (Å²) in [6.07, 6.45) is 5.71. The van der Waals surface area contributed by atoms with E-state index < -0.39 is 0 Å². The number of piperidine rings is 1. The first kappa shape index (κ1) is 10.3. The normalized spacial score (nSPS) is 30.2. The highest BCUT2D eigenvalue weighted by atomic mass is 14.9. The van der Waals surface area contributed by atoms with E-state index in [2.05, 4.69) is 35.6 Å². The zero-order valence-electron chi connectivity index (χ0n) is 9.86. The highest BCUT2D eigenvalue weighted by molar-refractivity contribution is 5.25. The molecule has 0 amide bonds. The molecule has 16 heavy (non-hydrogen) atoms. The maximum Gasteiger partial charge on any atom is -0.00463 e. The van der Waals surface area contributed by atoms with Crippen molar-refractivity contribution in [1.82, 2.24) is 5.32 Å². The number of rotatable bonds is 3. The van der Waals surface area contributed by atoms with E-state index >= 15 is 0 Å². The topological polar surface area (TPSA) is 12.0 Å². The maximum atomic E-state index is 3.45. The van der Waals surface area contributed by atoms with Crippen molar-refractivity contribution < 1.29 is 0 Å². The van der Waals surface area contributed by atoms with Gasteiger partial charge in [0.2, 0.25) is 0 Å². The summed E-state index contributed by atoms with van der Waals surface area (Å²) in [5.74, 6) is 2.88. The van der Waals surface area contributed by atoms with E-state index in [4.69, 9.17) is 0 Å². The molecule has 0 spiro atoms. The van der Waals surface area contributed by atoms with E-state index in [0.29, 0.717) is 0 Å². The molecule has 0 bridgehead atoms. The van der Waals surface area contributed by atoms with Gasteiger partial charge in [-0.1, -0.05) is 30.3 Å². The Morgan fingerprint density at radius 3 is 2.56 bits per heavy atom. The first-order chi connectivity index (χ1) is 7.93. The Bertz CT molecular complexity index is 327. The van der Waals surface area contributed by atoms with Gasteiger partial charge in [0.25, 0.3) is 0 Å². The Balaban J connectivity index is 1.52. The predicted molar refractivity (Wildman–Crippen MR) is 67.5 cm³/mol. The molecule has 2 atom stereocenters. The number of nitrogens with one attached hydrogen (secondary N) is 1. The van der Waals surface area contributed by atoms with Crippen LogP contribution in [0, 0.1) is 11.8 Å². The Morgan fingerprint density at radius 2 is 1.81 bits per heavy atom.